The highest BCUT2D eigenvalue weighted by molar-refractivity contribution is 5.90. The Morgan fingerprint density at radius 1 is 0.625 bits per heavy atom. The largest absolute Gasteiger partial charge is 0.299 e. The van der Waals surface area contributed by atoms with Crippen molar-refractivity contribution in [2.24, 2.45) is 59.2 Å². The van der Waals surface area contributed by atoms with Crippen molar-refractivity contribution >= 4 is 11.6 Å². The molecule has 0 spiro atoms. The Bertz CT molecular complexity index is 516. The van der Waals surface area contributed by atoms with Crippen LogP contribution in [0.3, 0.4) is 0 Å². The van der Waals surface area contributed by atoms with Gasteiger partial charge in [-0.15, -0.1) is 0 Å². The van der Waals surface area contributed by atoms with Gasteiger partial charge >= 0.3 is 0 Å². The molecule has 2 nitrogen and oxygen atoms in total. The average Bonchev–Trinajstić information content (AvgIpc) is 3.07. The van der Waals surface area contributed by atoms with Crippen molar-refractivity contribution in [3.8, 4) is 0 Å². The lowest BCUT2D eigenvalue weighted by atomic mass is 9.56. The van der Waals surface area contributed by atoms with E-state index in [-0.39, 0.29) is 11.8 Å². The standard InChI is InChI=1S/C22H32O2/c1-11-17-13-7-3-5-9-15(13)22(24)20(17)12(2)18-14-8-4-6-10-16(14)21(23)19(11)18/h11-20H,3-10H2,1-2H3. The average molecular weight is 328 g/mol. The number of ketones is 2. The van der Waals surface area contributed by atoms with Crippen molar-refractivity contribution in [3.05, 3.63) is 0 Å². The maximum atomic E-state index is 13.3. The molecule has 5 rings (SSSR count). The second kappa shape index (κ2) is 5.42. The van der Waals surface area contributed by atoms with Gasteiger partial charge in [0.1, 0.15) is 11.6 Å². The SMILES string of the molecule is CC1C2C(=O)C3CCCCC3C2C(C)C2C(=O)C3CCCCC3C12. The van der Waals surface area contributed by atoms with Crippen LogP contribution in [-0.2, 0) is 9.59 Å². The Balaban J connectivity index is 1.55. The minimum Gasteiger partial charge on any atom is -0.299 e. The quantitative estimate of drug-likeness (QED) is 0.655. The molecule has 5 fully saturated rings. The summed E-state index contributed by atoms with van der Waals surface area (Å²) in [5.74, 6) is 5.60. The van der Waals surface area contributed by atoms with Crippen LogP contribution in [0.15, 0.2) is 0 Å². The third-order valence-corrected chi connectivity index (χ3v) is 9.19. The Morgan fingerprint density at radius 2 is 1.00 bits per heavy atom. The van der Waals surface area contributed by atoms with Crippen LogP contribution in [0.1, 0.15) is 65.2 Å². The fourth-order valence-corrected chi connectivity index (χ4v) is 8.49. The number of hydrogen-bond donors (Lipinski definition) is 0. The molecule has 0 aliphatic heterocycles. The molecule has 0 N–H and O–H groups in total. The predicted molar refractivity (Wildman–Crippen MR) is 93.2 cm³/mol. The number of hydrogen-bond acceptors (Lipinski definition) is 2. The molecule has 24 heavy (non-hydrogen) atoms. The van der Waals surface area contributed by atoms with Gasteiger partial charge in [-0.3, -0.25) is 9.59 Å². The zero-order valence-electron chi connectivity index (χ0n) is 15.2. The van der Waals surface area contributed by atoms with Crippen LogP contribution in [0.4, 0.5) is 0 Å². The normalized spacial score (nSPS) is 56.4. The van der Waals surface area contributed by atoms with E-state index in [1.54, 1.807) is 0 Å². The monoisotopic (exact) mass is 328 g/mol. The number of Topliss-reactive ketones (excluding diaryl/α,β-unsaturated/α-hetero) is 2. The van der Waals surface area contributed by atoms with Crippen molar-refractivity contribution in [3.63, 3.8) is 0 Å². The molecular weight excluding hydrogens is 296 g/mol. The van der Waals surface area contributed by atoms with Gasteiger partial charge in [-0.1, -0.05) is 39.5 Å². The Labute approximate surface area is 146 Å². The molecule has 0 aromatic heterocycles. The molecule has 10 atom stereocenters. The molecule has 0 saturated heterocycles. The van der Waals surface area contributed by atoms with E-state index in [4.69, 9.17) is 0 Å². The van der Waals surface area contributed by atoms with Gasteiger partial charge in [0.2, 0.25) is 0 Å². The molecule has 0 radical (unpaired) electrons. The van der Waals surface area contributed by atoms with Crippen LogP contribution in [0.25, 0.3) is 0 Å². The molecule has 0 aromatic rings. The van der Waals surface area contributed by atoms with E-state index < -0.39 is 0 Å². The second-order valence-electron chi connectivity index (χ2n) is 9.84. The first kappa shape index (κ1) is 15.6. The van der Waals surface area contributed by atoms with Crippen molar-refractivity contribution in [2.75, 3.05) is 0 Å². The Kier molecular flexibility index (Phi) is 3.52. The van der Waals surface area contributed by atoms with Gasteiger partial charge in [-0.05, 0) is 61.2 Å². The van der Waals surface area contributed by atoms with Crippen LogP contribution in [0.5, 0.6) is 0 Å². The molecule has 132 valence electrons. The van der Waals surface area contributed by atoms with E-state index >= 15 is 0 Å². The number of fused-ring (bicyclic) bond motifs is 6. The summed E-state index contributed by atoms with van der Waals surface area (Å²) in [5, 5.41) is 0. The van der Waals surface area contributed by atoms with Gasteiger partial charge in [0, 0.05) is 23.7 Å². The lowest BCUT2D eigenvalue weighted by Gasteiger charge is -2.47. The van der Waals surface area contributed by atoms with E-state index in [0.717, 1.165) is 12.8 Å². The third kappa shape index (κ3) is 1.84. The summed E-state index contributed by atoms with van der Waals surface area (Å²) in [4.78, 5) is 26.6. The van der Waals surface area contributed by atoms with E-state index in [0.29, 0.717) is 58.9 Å². The van der Waals surface area contributed by atoms with Crippen molar-refractivity contribution in [2.45, 2.75) is 65.2 Å². The van der Waals surface area contributed by atoms with Gasteiger partial charge < -0.3 is 0 Å². The summed E-state index contributed by atoms with van der Waals surface area (Å²) in [7, 11) is 0. The smallest absolute Gasteiger partial charge is 0.139 e. The minimum atomic E-state index is 0.280. The zero-order valence-corrected chi connectivity index (χ0v) is 15.2. The van der Waals surface area contributed by atoms with Gasteiger partial charge in [-0.25, -0.2) is 0 Å². The number of carbonyl (C=O) groups is 2. The van der Waals surface area contributed by atoms with E-state index in [1.807, 2.05) is 0 Å². The molecule has 5 aliphatic rings. The molecule has 5 saturated carbocycles. The van der Waals surface area contributed by atoms with E-state index in [1.165, 1.54) is 38.5 Å². The maximum Gasteiger partial charge on any atom is 0.139 e. The first-order chi connectivity index (χ1) is 11.6. The summed E-state index contributed by atoms with van der Waals surface area (Å²) in [6.07, 6.45) is 9.83. The molecule has 5 aliphatic carbocycles. The van der Waals surface area contributed by atoms with Crippen LogP contribution >= 0.6 is 0 Å². The minimum absolute atomic E-state index is 0.280. The lowest BCUT2D eigenvalue weighted by molar-refractivity contribution is -0.134. The van der Waals surface area contributed by atoms with Crippen LogP contribution in [0, 0.1) is 59.2 Å². The highest BCUT2D eigenvalue weighted by atomic mass is 16.1. The van der Waals surface area contributed by atoms with Crippen LogP contribution < -0.4 is 0 Å². The highest BCUT2D eigenvalue weighted by Gasteiger charge is 2.65. The van der Waals surface area contributed by atoms with Gasteiger partial charge in [0.15, 0.2) is 0 Å². The molecule has 0 heterocycles. The fourth-order valence-electron chi connectivity index (χ4n) is 8.49. The van der Waals surface area contributed by atoms with Crippen molar-refractivity contribution < 1.29 is 9.59 Å². The summed E-state index contributed by atoms with van der Waals surface area (Å²) in [6, 6.07) is 0. The lowest BCUT2D eigenvalue weighted by Crippen LogP contribution is -2.46. The topological polar surface area (TPSA) is 34.1 Å². The summed E-state index contributed by atoms with van der Waals surface area (Å²) >= 11 is 0. The molecule has 0 aromatic carbocycles. The Morgan fingerprint density at radius 3 is 1.42 bits per heavy atom. The van der Waals surface area contributed by atoms with Crippen molar-refractivity contribution in [1.82, 2.24) is 0 Å². The maximum absolute atomic E-state index is 13.3. The van der Waals surface area contributed by atoms with Gasteiger partial charge in [-0.2, -0.15) is 0 Å². The first-order valence-corrected chi connectivity index (χ1v) is 10.7. The summed E-state index contributed by atoms with van der Waals surface area (Å²) < 4.78 is 0. The fraction of sp³-hybridized carbons (Fsp3) is 0.909. The first-order valence-electron chi connectivity index (χ1n) is 10.7. The molecule has 2 heteroatoms. The third-order valence-electron chi connectivity index (χ3n) is 9.19. The molecule has 10 unspecified atom stereocenters. The number of rotatable bonds is 0. The highest BCUT2D eigenvalue weighted by Crippen LogP contribution is 2.64. The predicted octanol–water partition coefficient (Wildman–Crippen LogP) is 4.52. The van der Waals surface area contributed by atoms with E-state index in [9.17, 15) is 9.59 Å². The van der Waals surface area contributed by atoms with Crippen LogP contribution in [-0.4, -0.2) is 11.6 Å². The summed E-state index contributed by atoms with van der Waals surface area (Å²) in [6.45, 7) is 4.70. The second-order valence-corrected chi connectivity index (χ2v) is 9.84. The van der Waals surface area contributed by atoms with Gasteiger partial charge in [0.25, 0.3) is 0 Å². The van der Waals surface area contributed by atoms with E-state index in [2.05, 4.69) is 13.8 Å². The van der Waals surface area contributed by atoms with Gasteiger partial charge in [0.05, 0.1) is 0 Å². The zero-order chi connectivity index (χ0) is 16.6. The van der Waals surface area contributed by atoms with Crippen molar-refractivity contribution in [1.29, 1.82) is 0 Å². The molecule has 0 amide bonds. The molecular formula is C22H32O2. The molecule has 0 bridgehead atoms. The summed E-state index contributed by atoms with van der Waals surface area (Å²) in [5.41, 5.74) is 0. The van der Waals surface area contributed by atoms with Crippen LogP contribution in [0.2, 0.25) is 0 Å². The number of carbonyl (C=O) groups excluding carboxylic acids is 2. The Hall–Kier alpha value is -0.660.